The van der Waals surface area contributed by atoms with E-state index in [1.807, 2.05) is 42.5 Å². The molecule has 2 aromatic rings. The first-order valence-electron chi connectivity index (χ1n) is 5.41. The predicted molar refractivity (Wildman–Crippen MR) is 74.8 cm³/mol. The van der Waals surface area contributed by atoms with Gasteiger partial charge >= 0.3 is 0 Å². The summed E-state index contributed by atoms with van der Waals surface area (Å²) in [6.45, 7) is 0.781. The number of anilines is 1. The van der Waals surface area contributed by atoms with Gasteiger partial charge in [0.15, 0.2) is 0 Å². The summed E-state index contributed by atoms with van der Waals surface area (Å²) in [6, 6.07) is 15.9. The summed E-state index contributed by atoms with van der Waals surface area (Å²) < 4.78 is 0. The zero-order valence-electron chi connectivity index (χ0n) is 9.29. The molecule has 0 heterocycles. The van der Waals surface area contributed by atoms with Crippen LogP contribution in [0, 0.1) is 0 Å². The lowest BCUT2D eigenvalue weighted by Gasteiger charge is -2.07. The molecule has 0 aliphatic carbocycles. The molecule has 3 heteroatoms. The van der Waals surface area contributed by atoms with Gasteiger partial charge in [0, 0.05) is 23.1 Å². The smallest absolute Gasteiger partial charge is 0.0474 e. The second-order valence-electron chi connectivity index (χ2n) is 3.81. The van der Waals surface area contributed by atoms with Gasteiger partial charge in [-0.05, 0) is 35.4 Å². The van der Waals surface area contributed by atoms with Crippen molar-refractivity contribution in [3.63, 3.8) is 0 Å². The van der Waals surface area contributed by atoms with E-state index in [0.29, 0.717) is 5.88 Å². The largest absolute Gasteiger partial charge is 0.381 e. The van der Waals surface area contributed by atoms with Crippen LogP contribution < -0.4 is 5.32 Å². The molecular formula is C14H13Cl2N. The van der Waals surface area contributed by atoms with Crippen molar-refractivity contribution in [2.45, 2.75) is 12.4 Å². The Morgan fingerprint density at radius 1 is 0.941 bits per heavy atom. The number of nitrogens with one attached hydrogen (secondary N) is 1. The van der Waals surface area contributed by atoms with Gasteiger partial charge in [0.2, 0.25) is 0 Å². The Morgan fingerprint density at radius 2 is 1.71 bits per heavy atom. The van der Waals surface area contributed by atoms with Gasteiger partial charge in [-0.2, -0.15) is 0 Å². The van der Waals surface area contributed by atoms with Gasteiger partial charge in [-0.3, -0.25) is 0 Å². The number of benzene rings is 2. The molecule has 0 fully saturated rings. The molecule has 0 saturated heterocycles. The fourth-order valence-electron chi connectivity index (χ4n) is 1.57. The third-order valence-electron chi connectivity index (χ3n) is 2.49. The van der Waals surface area contributed by atoms with Crippen LogP contribution in [0.2, 0.25) is 5.02 Å². The Bertz CT molecular complexity index is 480. The van der Waals surface area contributed by atoms with Gasteiger partial charge in [0.05, 0.1) is 0 Å². The summed E-state index contributed by atoms with van der Waals surface area (Å²) >= 11 is 11.6. The summed E-state index contributed by atoms with van der Waals surface area (Å²) in [4.78, 5) is 0. The SMILES string of the molecule is ClCc1cccc(NCc2ccc(Cl)cc2)c1. The van der Waals surface area contributed by atoms with Crippen LogP contribution in [0.4, 0.5) is 5.69 Å². The molecule has 0 saturated carbocycles. The third-order valence-corrected chi connectivity index (χ3v) is 3.05. The van der Waals surface area contributed by atoms with E-state index in [1.54, 1.807) is 0 Å². The van der Waals surface area contributed by atoms with E-state index in [2.05, 4.69) is 11.4 Å². The third kappa shape index (κ3) is 3.65. The molecule has 0 aliphatic heterocycles. The van der Waals surface area contributed by atoms with Gasteiger partial charge in [-0.1, -0.05) is 35.9 Å². The quantitative estimate of drug-likeness (QED) is 0.791. The highest BCUT2D eigenvalue weighted by Crippen LogP contribution is 2.15. The maximum atomic E-state index is 5.83. The van der Waals surface area contributed by atoms with Gasteiger partial charge in [0.25, 0.3) is 0 Å². The van der Waals surface area contributed by atoms with Crippen molar-refractivity contribution in [1.82, 2.24) is 0 Å². The average molecular weight is 266 g/mol. The van der Waals surface area contributed by atoms with Crippen molar-refractivity contribution >= 4 is 28.9 Å². The summed E-state index contributed by atoms with van der Waals surface area (Å²) in [6.07, 6.45) is 0. The molecule has 0 amide bonds. The molecule has 0 radical (unpaired) electrons. The lowest BCUT2D eigenvalue weighted by Crippen LogP contribution is -1.99. The van der Waals surface area contributed by atoms with Gasteiger partial charge in [-0.25, -0.2) is 0 Å². The minimum Gasteiger partial charge on any atom is -0.381 e. The van der Waals surface area contributed by atoms with E-state index >= 15 is 0 Å². The van der Waals surface area contributed by atoms with Crippen LogP contribution in [0.3, 0.4) is 0 Å². The Morgan fingerprint density at radius 3 is 2.41 bits per heavy atom. The van der Waals surface area contributed by atoms with Crippen LogP contribution in [0.15, 0.2) is 48.5 Å². The van der Waals surface area contributed by atoms with E-state index in [9.17, 15) is 0 Å². The van der Waals surface area contributed by atoms with Crippen LogP contribution in [-0.2, 0) is 12.4 Å². The molecule has 88 valence electrons. The zero-order chi connectivity index (χ0) is 12.1. The molecule has 0 aromatic heterocycles. The van der Waals surface area contributed by atoms with Gasteiger partial charge in [0.1, 0.15) is 0 Å². The van der Waals surface area contributed by atoms with E-state index in [1.165, 1.54) is 5.56 Å². The summed E-state index contributed by atoms with van der Waals surface area (Å²) in [5, 5.41) is 4.12. The van der Waals surface area contributed by atoms with Gasteiger partial charge in [-0.15, -0.1) is 11.6 Å². The molecule has 0 aliphatic rings. The summed E-state index contributed by atoms with van der Waals surface area (Å²) in [5.41, 5.74) is 3.40. The van der Waals surface area contributed by atoms with E-state index in [4.69, 9.17) is 23.2 Å². The lowest BCUT2D eigenvalue weighted by atomic mass is 10.2. The number of alkyl halides is 1. The summed E-state index contributed by atoms with van der Waals surface area (Å²) in [5.74, 6) is 0.538. The first-order valence-corrected chi connectivity index (χ1v) is 6.32. The fourth-order valence-corrected chi connectivity index (χ4v) is 1.86. The number of rotatable bonds is 4. The standard InChI is InChI=1S/C14H13Cl2N/c15-9-12-2-1-3-14(8-12)17-10-11-4-6-13(16)7-5-11/h1-8,17H,9-10H2. The molecular weight excluding hydrogens is 253 g/mol. The van der Waals surface area contributed by atoms with Crippen molar-refractivity contribution in [3.05, 3.63) is 64.7 Å². The normalized spacial score (nSPS) is 10.2. The van der Waals surface area contributed by atoms with Crippen LogP contribution in [0.1, 0.15) is 11.1 Å². The molecule has 0 unspecified atom stereocenters. The Hall–Kier alpha value is -1.18. The van der Waals surface area contributed by atoms with Crippen molar-refractivity contribution < 1.29 is 0 Å². The maximum absolute atomic E-state index is 5.83. The molecule has 2 rings (SSSR count). The molecule has 1 nitrogen and oxygen atoms in total. The maximum Gasteiger partial charge on any atom is 0.0474 e. The molecule has 2 aromatic carbocycles. The first-order chi connectivity index (χ1) is 8.28. The van der Waals surface area contributed by atoms with Crippen LogP contribution in [0.5, 0.6) is 0 Å². The summed E-state index contributed by atoms with van der Waals surface area (Å²) in [7, 11) is 0. The lowest BCUT2D eigenvalue weighted by molar-refractivity contribution is 1.15. The van der Waals surface area contributed by atoms with Crippen LogP contribution in [-0.4, -0.2) is 0 Å². The Labute approximate surface area is 111 Å². The Kier molecular flexibility index (Phi) is 4.29. The highest BCUT2D eigenvalue weighted by Gasteiger charge is 1.96. The number of hydrogen-bond donors (Lipinski definition) is 1. The monoisotopic (exact) mass is 265 g/mol. The van der Waals surface area contributed by atoms with E-state index in [0.717, 1.165) is 22.8 Å². The first kappa shape index (κ1) is 12.3. The van der Waals surface area contributed by atoms with E-state index < -0.39 is 0 Å². The molecule has 0 spiro atoms. The second kappa shape index (κ2) is 5.95. The van der Waals surface area contributed by atoms with Crippen molar-refractivity contribution in [2.75, 3.05) is 5.32 Å². The van der Waals surface area contributed by atoms with Crippen molar-refractivity contribution in [1.29, 1.82) is 0 Å². The fraction of sp³-hybridized carbons (Fsp3) is 0.143. The van der Waals surface area contributed by atoms with E-state index in [-0.39, 0.29) is 0 Å². The molecule has 0 atom stereocenters. The Balaban J connectivity index is 1.99. The zero-order valence-corrected chi connectivity index (χ0v) is 10.8. The molecule has 1 N–H and O–H groups in total. The minimum atomic E-state index is 0.538. The minimum absolute atomic E-state index is 0.538. The van der Waals surface area contributed by atoms with Gasteiger partial charge < -0.3 is 5.32 Å². The predicted octanol–water partition coefficient (Wildman–Crippen LogP) is 4.69. The number of halogens is 2. The average Bonchev–Trinajstić information content (AvgIpc) is 2.38. The van der Waals surface area contributed by atoms with Crippen LogP contribution >= 0.6 is 23.2 Å². The highest BCUT2D eigenvalue weighted by molar-refractivity contribution is 6.30. The molecule has 17 heavy (non-hydrogen) atoms. The topological polar surface area (TPSA) is 12.0 Å². The molecule has 0 bridgehead atoms. The second-order valence-corrected chi connectivity index (χ2v) is 4.52. The van der Waals surface area contributed by atoms with Crippen molar-refractivity contribution in [3.8, 4) is 0 Å². The number of hydrogen-bond acceptors (Lipinski definition) is 1. The van der Waals surface area contributed by atoms with Crippen LogP contribution in [0.25, 0.3) is 0 Å². The van der Waals surface area contributed by atoms with Crippen molar-refractivity contribution in [2.24, 2.45) is 0 Å². The highest BCUT2D eigenvalue weighted by atomic mass is 35.5.